The third-order valence-corrected chi connectivity index (χ3v) is 4.13. The fourth-order valence-electron chi connectivity index (χ4n) is 2.85. The van der Waals surface area contributed by atoms with Crippen LogP contribution in [0.3, 0.4) is 0 Å². The number of hydrogen-bond acceptors (Lipinski definition) is 5. The summed E-state index contributed by atoms with van der Waals surface area (Å²) in [5.41, 5.74) is 0. The van der Waals surface area contributed by atoms with Crippen molar-refractivity contribution in [2.45, 2.75) is 18.9 Å². The van der Waals surface area contributed by atoms with Crippen LogP contribution in [0.5, 0.6) is 11.5 Å². The third-order valence-electron chi connectivity index (χ3n) is 4.13. The number of rotatable bonds is 2. The van der Waals surface area contributed by atoms with Gasteiger partial charge in [0.05, 0.1) is 13.0 Å². The molecule has 1 atom stereocenters. The van der Waals surface area contributed by atoms with Crippen LogP contribution in [0.25, 0.3) is 0 Å². The summed E-state index contributed by atoms with van der Waals surface area (Å²) in [4.78, 5) is 25.8. The second-order valence-electron chi connectivity index (χ2n) is 5.49. The first-order chi connectivity index (χ1) is 10.7. The topological polar surface area (TPSA) is 65.1 Å². The number of hydrogen-bond donors (Lipinski definition) is 0. The van der Waals surface area contributed by atoms with Crippen LogP contribution in [0.1, 0.15) is 12.8 Å². The van der Waals surface area contributed by atoms with E-state index in [-0.39, 0.29) is 24.4 Å². The molecule has 0 spiro atoms. The first-order valence-corrected chi connectivity index (χ1v) is 7.44. The molecule has 1 saturated heterocycles. The van der Waals surface area contributed by atoms with E-state index in [1.165, 1.54) is 7.11 Å². The molecule has 0 aromatic heterocycles. The summed E-state index contributed by atoms with van der Waals surface area (Å²) >= 11 is 0. The first-order valence-electron chi connectivity index (χ1n) is 7.44. The molecule has 0 bridgehead atoms. The minimum atomic E-state index is -0.621. The normalized spacial score (nSPS) is 21.3. The van der Waals surface area contributed by atoms with Gasteiger partial charge in [-0.1, -0.05) is 12.1 Å². The fourth-order valence-corrected chi connectivity index (χ4v) is 2.85. The molecule has 1 amide bonds. The molecule has 0 aliphatic carbocycles. The summed E-state index contributed by atoms with van der Waals surface area (Å²) < 4.78 is 16.1. The maximum atomic E-state index is 12.5. The van der Waals surface area contributed by atoms with Crippen LogP contribution in [0.2, 0.25) is 0 Å². The van der Waals surface area contributed by atoms with Crippen molar-refractivity contribution in [3.05, 3.63) is 24.3 Å². The molecule has 3 rings (SSSR count). The molecule has 1 aromatic rings. The Labute approximate surface area is 128 Å². The average molecular weight is 305 g/mol. The Hall–Kier alpha value is -2.24. The maximum Gasteiger partial charge on any atom is 0.308 e. The van der Waals surface area contributed by atoms with E-state index in [9.17, 15) is 9.59 Å². The molecule has 0 saturated carbocycles. The van der Waals surface area contributed by atoms with E-state index in [0.717, 1.165) is 0 Å². The van der Waals surface area contributed by atoms with Crippen LogP contribution >= 0.6 is 0 Å². The highest BCUT2D eigenvalue weighted by Gasteiger charge is 2.34. The maximum absolute atomic E-state index is 12.5. The van der Waals surface area contributed by atoms with Crippen LogP contribution in [-0.4, -0.2) is 49.7 Å². The van der Waals surface area contributed by atoms with E-state index >= 15 is 0 Å². The summed E-state index contributed by atoms with van der Waals surface area (Å²) in [6.45, 7) is 1.30. The predicted molar refractivity (Wildman–Crippen MR) is 77.7 cm³/mol. The van der Waals surface area contributed by atoms with E-state index in [1.54, 1.807) is 11.0 Å². The lowest BCUT2D eigenvalue weighted by atomic mass is 9.96. The highest BCUT2D eigenvalue weighted by Crippen LogP contribution is 2.31. The predicted octanol–water partition coefficient (Wildman–Crippen LogP) is 1.24. The van der Waals surface area contributed by atoms with E-state index in [4.69, 9.17) is 14.2 Å². The van der Waals surface area contributed by atoms with Crippen LogP contribution < -0.4 is 9.47 Å². The van der Waals surface area contributed by atoms with Crippen LogP contribution in [-0.2, 0) is 14.3 Å². The smallest absolute Gasteiger partial charge is 0.308 e. The molecular formula is C16H19NO5. The first kappa shape index (κ1) is 14.7. The van der Waals surface area contributed by atoms with Crippen molar-refractivity contribution in [3.63, 3.8) is 0 Å². The largest absolute Gasteiger partial charge is 0.485 e. The lowest BCUT2D eigenvalue weighted by molar-refractivity contribution is -0.151. The number of esters is 1. The molecule has 2 aliphatic heterocycles. The number of likely N-dealkylation sites (tertiary alicyclic amines) is 1. The van der Waals surface area contributed by atoms with Crippen LogP contribution in [0.15, 0.2) is 24.3 Å². The van der Waals surface area contributed by atoms with E-state index < -0.39 is 6.10 Å². The second kappa shape index (κ2) is 6.25. The highest BCUT2D eigenvalue weighted by atomic mass is 16.6. The van der Waals surface area contributed by atoms with Gasteiger partial charge in [-0.2, -0.15) is 0 Å². The van der Waals surface area contributed by atoms with Crippen LogP contribution in [0.4, 0.5) is 0 Å². The number of fused-ring (bicyclic) bond motifs is 1. The van der Waals surface area contributed by atoms with Gasteiger partial charge in [0, 0.05) is 13.1 Å². The number of ether oxygens (including phenoxy) is 3. The Balaban J connectivity index is 1.58. The zero-order valence-electron chi connectivity index (χ0n) is 12.5. The average Bonchev–Trinajstić information content (AvgIpc) is 2.60. The van der Waals surface area contributed by atoms with E-state index in [0.29, 0.717) is 37.4 Å². The molecule has 1 fully saturated rings. The molecule has 0 N–H and O–H groups in total. The molecule has 1 unspecified atom stereocenters. The zero-order valence-corrected chi connectivity index (χ0v) is 12.5. The van der Waals surface area contributed by atoms with Crippen molar-refractivity contribution >= 4 is 11.9 Å². The van der Waals surface area contributed by atoms with Gasteiger partial charge in [-0.05, 0) is 25.0 Å². The van der Waals surface area contributed by atoms with Gasteiger partial charge in [-0.15, -0.1) is 0 Å². The molecule has 2 aliphatic rings. The molecule has 22 heavy (non-hydrogen) atoms. The summed E-state index contributed by atoms with van der Waals surface area (Å²) in [6.07, 6.45) is 0.634. The summed E-state index contributed by atoms with van der Waals surface area (Å²) in [7, 11) is 1.39. The number of benzene rings is 1. The Morgan fingerprint density at radius 2 is 1.86 bits per heavy atom. The monoisotopic (exact) mass is 305 g/mol. The van der Waals surface area contributed by atoms with E-state index in [1.807, 2.05) is 18.2 Å². The lowest BCUT2D eigenvalue weighted by Gasteiger charge is -2.34. The van der Waals surface area contributed by atoms with Crippen molar-refractivity contribution < 1.29 is 23.8 Å². The third kappa shape index (κ3) is 2.86. The van der Waals surface area contributed by atoms with Crippen molar-refractivity contribution in [2.24, 2.45) is 5.92 Å². The number of carbonyl (C=O) groups is 2. The van der Waals surface area contributed by atoms with Gasteiger partial charge >= 0.3 is 5.97 Å². The Kier molecular flexibility index (Phi) is 4.18. The molecule has 0 radical (unpaired) electrons. The van der Waals surface area contributed by atoms with Gasteiger partial charge in [0.1, 0.15) is 6.61 Å². The number of nitrogens with zero attached hydrogens (tertiary/aromatic N) is 1. The minimum absolute atomic E-state index is 0.0854. The number of methoxy groups -OCH3 is 1. The Morgan fingerprint density at radius 3 is 2.55 bits per heavy atom. The molecule has 6 heteroatoms. The van der Waals surface area contributed by atoms with Crippen LogP contribution in [0, 0.1) is 5.92 Å². The number of amides is 1. The number of carbonyl (C=O) groups excluding carboxylic acids is 2. The van der Waals surface area contributed by atoms with Crippen molar-refractivity contribution in [3.8, 4) is 11.5 Å². The van der Waals surface area contributed by atoms with Gasteiger partial charge in [-0.25, -0.2) is 0 Å². The van der Waals surface area contributed by atoms with Gasteiger partial charge in [-0.3, -0.25) is 9.59 Å². The van der Waals surface area contributed by atoms with Crippen molar-refractivity contribution in [1.82, 2.24) is 4.90 Å². The highest BCUT2D eigenvalue weighted by molar-refractivity contribution is 5.82. The van der Waals surface area contributed by atoms with Gasteiger partial charge < -0.3 is 19.1 Å². The number of piperidine rings is 1. The van der Waals surface area contributed by atoms with Crippen molar-refractivity contribution in [1.29, 1.82) is 0 Å². The minimum Gasteiger partial charge on any atom is -0.485 e. The Bertz CT molecular complexity index is 565. The fraction of sp³-hybridized carbons (Fsp3) is 0.500. The molecule has 1 aromatic carbocycles. The summed E-state index contributed by atoms with van der Waals surface area (Å²) in [5.74, 6) is 0.863. The molecule has 2 heterocycles. The lowest BCUT2D eigenvalue weighted by Crippen LogP contribution is -2.49. The van der Waals surface area contributed by atoms with Gasteiger partial charge in [0.25, 0.3) is 5.91 Å². The van der Waals surface area contributed by atoms with E-state index in [2.05, 4.69) is 0 Å². The standard InChI is InChI=1S/C16H19NO5/c1-20-16(19)11-6-8-17(9-7-11)15(18)14-10-21-12-4-2-3-5-13(12)22-14/h2-5,11,14H,6-10H2,1H3. The van der Waals surface area contributed by atoms with Gasteiger partial charge in [0.2, 0.25) is 6.10 Å². The number of para-hydroxylation sites is 2. The van der Waals surface area contributed by atoms with Crippen molar-refractivity contribution in [2.75, 3.05) is 26.8 Å². The summed E-state index contributed by atoms with van der Waals surface area (Å²) in [5, 5.41) is 0. The Morgan fingerprint density at radius 1 is 1.18 bits per heavy atom. The molecule has 6 nitrogen and oxygen atoms in total. The summed E-state index contributed by atoms with van der Waals surface area (Å²) in [6, 6.07) is 7.31. The zero-order chi connectivity index (χ0) is 15.5. The molecule has 118 valence electrons. The molecular weight excluding hydrogens is 286 g/mol. The quantitative estimate of drug-likeness (QED) is 0.769. The second-order valence-corrected chi connectivity index (χ2v) is 5.49. The SMILES string of the molecule is COC(=O)C1CCN(C(=O)C2COc3ccccc3O2)CC1. The van der Waals surface area contributed by atoms with Gasteiger partial charge in [0.15, 0.2) is 11.5 Å².